The lowest BCUT2D eigenvalue weighted by Crippen LogP contribution is -2.62. The monoisotopic (exact) mass is 660 g/mol. The summed E-state index contributed by atoms with van der Waals surface area (Å²) in [4.78, 5) is 54.2. The van der Waals surface area contributed by atoms with Crippen LogP contribution in [-0.2, 0) is 34.6 Å². The highest BCUT2D eigenvalue weighted by atomic mass is 16.6. The first-order chi connectivity index (χ1) is 22.1. The van der Waals surface area contributed by atoms with Gasteiger partial charge < -0.3 is 14.2 Å². The number of carbonyl (C=O) groups is 4. The highest BCUT2D eigenvalue weighted by Gasteiger charge is 2.62. The lowest BCUT2D eigenvalue weighted by Gasteiger charge is -2.44. The zero-order valence-electron chi connectivity index (χ0n) is 30.4. The maximum atomic E-state index is 13.0. The van der Waals surface area contributed by atoms with Crippen LogP contribution in [0.15, 0.2) is 73.8 Å². The molecule has 2 aromatic rings. The lowest BCUT2D eigenvalue weighted by atomic mass is 9.66. The summed E-state index contributed by atoms with van der Waals surface area (Å²) in [5, 5.41) is 0. The van der Waals surface area contributed by atoms with Crippen molar-refractivity contribution in [1.29, 1.82) is 0 Å². The number of ketones is 1. The lowest BCUT2D eigenvalue weighted by molar-refractivity contribution is -0.145. The number of para-hydroxylation sites is 2. The van der Waals surface area contributed by atoms with Crippen molar-refractivity contribution in [3.05, 3.63) is 85.0 Å². The Kier molecular flexibility index (Phi) is 10.8. The van der Waals surface area contributed by atoms with E-state index < -0.39 is 51.8 Å². The van der Waals surface area contributed by atoms with E-state index in [1.807, 2.05) is 97.0 Å². The van der Waals surface area contributed by atoms with Crippen molar-refractivity contribution in [2.75, 3.05) is 16.4 Å². The molecule has 0 N–H and O–H groups in total. The van der Waals surface area contributed by atoms with Gasteiger partial charge in [0, 0.05) is 10.8 Å². The zero-order valence-corrected chi connectivity index (χ0v) is 30.4. The smallest absolute Gasteiger partial charge is 0.415 e. The predicted octanol–water partition coefficient (Wildman–Crippen LogP) is 8.44. The molecule has 0 aromatic heterocycles. The average molecular weight is 661 g/mol. The molecule has 0 saturated heterocycles. The van der Waals surface area contributed by atoms with Gasteiger partial charge in [-0.2, -0.15) is 0 Å². The van der Waals surface area contributed by atoms with E-state index in [0.717, 1.165) is 16.8 Å². The Morgan fingerprint density at radius 2 is 1.27 bits per heavy atom. The number of nitrogens with zero attached hydrogens (tertiary/aromatic N) is 2. The minimum absolute atomic E-state index is 0.0746. The summed E-state index contributed by atoms with van der Waals surface area (Å²) >= 11 is 0. The first-order valence-electron chi connectivity index (χ1n) is 16.2. The van der Waals surface area contributed by atoms with E-state index in [2.05, 4.69) is 13.2 Å². The van der Waals surface area contributed by atoms with Crippen LogP contribution in [-0.4, -0.2) is 53.3 Å². The number of benzene rings is 2. The van der Waals surface area contributed by atoms with Crippen molar-refractivity contribution in [2.45, 2.75) is 116 Å². The molecule has 0 bridgehead atoms. The maximum Gasteiger partial charge on any atom is 0.415 e. The van der Waals surface area contributed by atoms with Crippen LogP contribution >= 0.6 is 0 Å². The van der Waals surface area contributed by atoms with Gasteiger partial charge in [-0.1, -0.05) is 82.8 Å². The highest BCUT2D eigenvalue weighted by molar-refractivity contribution is 6.06. The summed E-state index contributed by atoms with van der Waals surface area (Å²) in [6, 6.07) is 14.3. The van der Waals surface area contributed by atoms with Gasteiger partial charge in [-0.3, -0.25) is 14.6 Å². The van der Waals surface area contributed by atoms with E-state index >= 15 is 0 Å². The molecule has 2 aliphatic heterocycles. The van der Waals surface area contributed by atoms with E-state index in [1.165, 1.54) is 22.8 Å². The number of hydrogen-bond acceptors (Lipinski definition) is 7. The summed E-state index contributed by atoms with van der Waals surface area (Å²) < 4.78 is 16.4. The van der Waals surface area contributed by atoms with Crippen molar-refractivity contribution < 1.29 is 33.4 Å². The van der Waals surface area contributed by atoms with Gasteiger partial charge in [0.15, 0.2) is 5.78 Å². The van der Waals surface area contributed by atoms with Crippen LogP contribution < -0.4 is 9.80 Å². The highest BCUT2D eigenvalue weighted by Crippen LogP contribution is 2.54. The van der Waals surface area contributed by atoms with Gasteiger partial charge >= 0.3 is 18.2 Å². The van der Waals surface area contributed by atoms with Crippen molar-refractivity contribution in [3.8, 4) is 0 Å². The first-order valence-corrected chi connectivity index (χ1v) is 16.2. The third-order valence-electron chi connectivity index (χ3n) is 8.79. The number of carbonyl (C=O) groups excluding carboxylic acids is 4. The van der Waals surface area contributed by atoms with Crippen LogP contribution in [0, 0.1) is 0 Å². The number of fused-ring (bicyclic) bond motifs is 2. The predicted molar refractivity (Wildman–Crippen MR) is 190 cm³/mol. The molecule has 0 radical (unpaired) electrons. The van der Waals surface area contributed by atoms with Crippen LogP contribution in [0.1, 0.15) is 93.7 Å². The van der Waals surface area contributed by atoms with Crippen molar-refractivity contribution in [2.24, 2.45) is 0 Å². The number of amides is 2. The summed E-state index contributed by atoms with van der Waals surface area (Å²) in [6.07, 6.45) is 2.51. The van der Waals surface area contributed by atoms with Gasteiger partial charge in [-0.25, -0.2) is 14.4 Å². The van der Waals surface area contributed by atoms with Gasteiger partial charge in [0.25, 0.3) is 0 Å². The number of anilines is 2. The van der Waals surface area contributed by atoms with E-state index in [4.69, 9.17) is 14.2 Å². The number of ether oxygens (including phenoxy) is 3. The molecule has 0 fully saturated rings. The van der Waals surface area contributed by atoms with Crippen molar-refractivity contribution in [3.63, 3.8) is 0 Å². The molecule has 2 heterocycles. The number of hydrogen-bond donors (Lipinski definition) is 0. The normalized spacial score (nSPS) is 20.4. The Balaban J connectivity index is 0.000000260. The molecule has 2 unspecified atom stereocenters. The summed E-state index contributed by atoms with van der Waals surface area (Å²) in [5.74, 6) is -0.545. The Morgan fingerprint density at radius 3 is 1.77 bits per heavy atom. The standard InChI is InChI=1S/C20H27NO3.C19H25NO4/c1-8-13-20(14(2)22)19(6,7)15-11-9-10-12-16(15)21(20)17(23)24-18(3,4)5;1-7-12-23-16(21)15-19(5,6)13-10-8-9-11-14(13)20(15)17(22)24-18(2,3)4/h8-12H,1,13H2,2-7H3;7-11,15H,1,12H2,2-6H3. The second kappa shape index (κ2) is 13.6. The molecule has 2 atom stereocenters. The quantitative estimate of drug-likeness (QED) is 0.174. The molecule has 260 valence electrons. The molecule has 48 heavy (non-hydrogen) atoms. The fourth-order valence-electron chi connectivity index (χ4n) is 6.74. The van der Waals surface area contributed by atoms with Gasteiger partial charge in [-0.05, 0) is 78.1 Å². The van der Waals surface area contributed by atoms with Crippen LogP contribution in [0.4, 0.5) is 21.0 Å². The second-order valence-corrected chi connectivity index (χ2v) is 15.3. The molecule has 2 aromatic carbocycles. The van der Waals surface area contributed by atoms with Crippen LogP contribution in [0.25, 0.3) is 0 Å². The molecule has 4 rings (SSSR count). The topological polar surface area (TPSA) is 102 Å². The summed E-state index contributed by atoms with van der Waals surface area (Å²) in [5.41, 5.74) is -0.202. The largest absolute Gasteiger partial charge is 0.460 e. The SMILES string of the molecule is C=CCC1(C(C)=O)N(C(=O)OC(C)(C)C)c2ccccc2C1(C)C.C=CCOC(=O)C1N(C(=O)OC(C)(C)C)c2ccccc2C1(C)C. The van der Waals surface area contributed by atoms with E-state index in [9.17, 15) is 19.2 Å². The molecule has 2 aliphatic rings. The Morgan fingerprint density at radius 1 is 0.771 bits per heavy atom. The van der Waals surface area contributed by atoms with E-state index in [-0.39, 0.29) is 12.4 Å². The molecule has 0 aliphatic carbocycles. The number of Topliss-reactive ketones (excluding diaryl/α,β-unsaturated/α-hetero) is 1. The Labute approximate surface area is 285 Å². The van der Waals surface area contributed by atoms with Gasteiger partial charge in [-0.15, -0.1) is 6.58 Å². The third-order valence-corrected chi connectivity index (χ3v) is 8.79. The van der Waals surface area contributed by atoms with Crippen LogP contribution in [0.5, 0.6) is 0 Å². The Hall–Kier alpha value is -4.40. The first kappa shape index (κ1) is 38.1. The molecular formula is C39H52N2O7. The van der Waals surface area contributed by atoms with E-state index in [0.29, 0.717) is 12.1 Å². The maximum absolute atomic E-state index is 13.0. The molecular weight excluding hydrogens is 608 g/mol. The summed E-state index contributed by atoms with van der Waals surface area (Å²) in [7, 11) is 0. The molecule has 9 nitrogen and oxygen atoms in total. The van der Waals surface area contributed by atoms with Gasteiger partial charge in [0.1, 0.15) is 29.4 Å². The molecule has 0 saturated carbocycles. The fourth-order valence-corrected chi connectivity index (χ4v) is 6.74. The van der Waals surface area contributed by atoms with Crippen LogP contribution in [0.2, 0.25) is 0 Å². The molecule has 9 heteroatoms. The van der Waals surface area contributed by atoms with Gasteiger partial charge in [0.2, 0.25) is 0 Å². The second-order valence-electron chi connectivity index (χ2n) is 15.3. The van der Waals surface area contributed by atoms with Gasteiger partial charge in [0.05, 0.1) is 11.4 Å². The van der Waals surface area contributed by atoms with E-state index in [1.54, 1.807) is 26.8 Å². The zero-order chi connectivity index (χ0) is 36.5. The Bertz CT molecular complexity index is 1580. The number of esters is 1. The molecule has 0 spiro atoms. The van der Waals surface area contributed by atoms with Crippen molar-refractivity contribution >= 4 is 35.3 Å². The minimum Gasteiger partial charge on any atom is -0.460 e. The van der Waals surface area contributed by atoms with Crippen molar-refractivity contribution in [1.82, 2.24) is 0 Å². The van der Waals surface area contributed by atoms with Crippen LogP contribution in [0.3, 0.4) is 0 Å². The fraction of sp³-hybridized carbons (Fsp3) is 0.487. The number of rotatable bonds is 6. The summed E-state index contributed by atoms with van der Waals surface area (Å²) in [6.45, 7) is 27.7. The molecule has 2 amide bonds. The minimum atomic E-state index is -1.04. The average Bonchev–Trinajstić information content (AvgIpc) is 3.33. The third kappa shape index (κ3) is 7.05.